The third-order valence-electron chi connectivity index (χ3n) is 4.85. The lowest BCUT2D eigenvalue weighted by Crippen LogP contribution is -2.11. The predicted octanol–water partition coefficient (Wildman–Crippen LogP) is 7.19. The molecule has 3 unspecified atom stereocenters. The minimum Gasteiger partial charge on any atom is -0.0958 e. The van der Waals surface area contributed by atoms with Crippen LogP contribution in [0.3, 0.4) is 0 Å². The highest BCUT2D eigenvalue weighted by molar-refractivity contribution is 5.25. The summed E-state index contributed by atoms with van der Waals surface area (Å²) in [5.74, 6) is 3.05. The molecule has 0 nitrogen and oxygen atoms in total. The van der Waals surface area contributed by atoms with E-state index in [0.29, 0.717) is 5.92 Å². The molecule has 0 spiro atoms. The van der Waals surface area contributed by atoms with Gasteiger partial charge in [0.2, 0.25) is 0 Å². The molecule has 0 fully saturated rings. The molecular weight excluding hydrogens is 252 g/mol. The molecule has 0 heteroatoms. The molecule has 0 bridgehead atoms. The Balaban J connectivity index is 4.10. The lowest BCUT2D eigenvalue weighted by Gasteiger charge is -2.22. The standard InChI is InChI=1S/C21H38/c1-9-17(4)11-13-19(6)21(8)15-14-20(7)18(5)12-10-16(2)3/h11,13,16,18,20-21H,4,6,9-10,12,14-15H2,1-3,5,7-8H3/b13-11-. The lowest BCUT2D eigenvalue weighted by atomic mass is 9.83. The Hall–Kier alpha value is -0.780. The highest BCUT2D eigenvalue weighted by Gasteiger charge is 2.14. The maximum absolute atomic E-state index is 4.22. The first-order chi connectivity index (χ1) is 9.77. The van der Waals surface area contributed by atoms with Crippen molar-refractivity contribution in [1.29, 1.82) is 0 Å². The molecule has 0 aromatic carbocycles. The summed E-state index contributed by atoms with van der Waals surface area (Å²) in [6, 6.07) is 0. The molecule has 21 heavy (non-hydrogen) atoms. The largest absolute Gasteiger partial charge is 0.0958 e. The third-order valence-corrected chi connectivity index (χ3v) is 4.85. The minimum atomic E-state index is 0.575. The molecule has 3 atom stereocenters. The highest BCUT2D eigenvalue weighted by Crippen LogP contribution is 2.27. The van der Waals surface area contributed by atoms with Crippen LogP contribution in [0.4, 0.5) is 0 Å². The van der Waals surface area contributed by atoms with E-state index in [0.717, 1.165) is 24.2 Å². The van der Waals surface area contributed by atoms with Crippen molar-refractivity contribution in [2.24, 2.45) is 23.7 Å². The molecule has 0 aliphatic rings. The van der Waals surface area contributed by atoms with Gasteiger partial charge in [0.15, 0.2) is 0 Å². The van der Waals surface area contributed by atoms with Crippen LogP contribution in [0.15, 0.2) is 36.5 Å². The molecule has 0 saturated heterocycles. The Labute approximate surface area is 134 Å². The fourth-order valence-electron chi connectivity index (χ4n) is 2.37. The average molecular weight is 291 g/mol. The monoisotopic (exact) mass is 290 g/mol. The Bertz CT molecular complexity index is 332. The van der Waals surface area contributed by atoms with Crippen LogP contribution in [0.2, 0.25) is 0 Å². The van der Waals surface area contributed by atoms with Crippen LogP contribution in [-0.2, 0) is 0 Å². The smallest absolute Gasteiger partial charge is 0.0196 e. The van der Waals surface area contributed by atoms with Crippen molar-refractivity contribution >= 4 is 0 Å². The quantitative estimate of drug-likeness (QED) is 0.353. The summed E-state index contributed by atoms with van der Waals surface area (Å²) in [7, 11) is 0. The van der Waals surface area contributed by atoms with Gasteiger partial charge in [0.25, 0.3) is 0 Å². The second-order valence-corrected chi connectivity index (χ2v) is 7.32. The average Bonchev–Trinajstić information content (AvgIpc) is 2.46. The number of rotatable bonds is 11. The van der Waals surface area contributed by atoms with Crippen LogP contribution in [0.25, 0.3) is 0 Å². The van der Waals surface area contributed by atoms with Gasteiger partial charge in [-0.25, -0.2) is 0 Å². The molecule has 0 heterocycles. The van der Waals surface area contributed by atoms with Crippen molar-refractivity contribution < 1.29 is 0 Å². The summed E-state index contributed by atoms with van der Waals surface area (Å²) >= 11 is 0. The van der Waals surface area contributed by atoms with Crippen LogP contribution in [0.5, 0.6) is 0 Å². The Morgan fingerprint density at radius 3 is 1.81 bits per heavy atom. The number of hydrogen-bond donors (Lipinski definition) is 0. The first kappa shape index (κ1) is 20.2. The van der Waals surface area contributed by atoms with Crippen LogP contribution in [0.1, 0.15) is 73.6 Å². The summed E-state index contributed by atoms with van der Waals surface area (Å²) < 4.78 is 0. The predicted molar refractivity (Wildman–Crippen MR) is 98.5 cm³/mol. The molecule has 0 amide bonds. The van der Waals surface area contributed by atoms with Gasteiger partial charge in [-0.3, -0.25) is 0 Å². The Morgan fingerprint density at radius 2 is 1.33 bits per heavy atom. The Morgan fingerprint density at radius 1 is 0.810 bits per heavy atom. The summed E-state index contributed by atoms with van der Waals surface area (Å²) in [5.41, 5.74) is 2.42. The Kier molecular flexibility index (Phi) is 10.5. The maximum atomic E-state index is 4.22. The fourth-order valence-corrected chi connectivity index (χ4v) is 2.37. The summed E-state index contributed by atoms with van der Waals surface area (Å²) in [6.07, 6.45) is 10.6. The molecule has 0 aliphatic heterocycles. The van der Waals surface area contributed by atoms with Crippen molar-refractivity contribution in [3.8, 4) is 0 Å². The van der Waals surface area contributed by atoms with E-state index in [4.69, 9.17) is 0 Å². The lowest BCUT2D eigenvalue weighted by molar-refractivity contribution is 0.306. The summed E-state index contributed by atoms with van der Waals surface area (Å²) in [5, 5.41) is 0. The van der Waals surface area contributed by atoms with Crippen LogP contribution in [0, 0.1) is 23.7 Å². The van der Waals surface area contributed by atoms with Gasteiger partial charge in [-0.15, -0.1) is 0 Å². The van der Waals surface area contributed by atoms with Crippen molar-refractivity contribution in [3.05, 3.63) is 36.5 Å². The fraction of sp³-hybridized carbons (Fsp3) is 0.714. The van der Waals surface area contributed by atoms with E-state index in [2.05, 4.69) is 66.9 Å². The van der Waals surface area contributed by atoms with Crippen molar-refractivity contribution in [1.82, 2.24) is 0 Å². The van der Waals surface area contributed by atoms with Gasteiger partial charge in [0.1, 0.15) is 0 Å². The first-order valence-corrected chi connectivity index (χ1v) is 8.82. The summed E-state index contributed by atoms with van der Waals surface area (Å²) in [4.78, 5) is 0. The van der Waals surface area contributed by atoms with Gasteiger partial charge in [0, 0.05) is 0 Å². The zero-order chi connectivity index (χ0) is 16.4. The number of allylic oxidation sites excluding steroid dienone is 4. The van der Waals surface area contributed by atoms with Crippen LogP contribution >= 0.6 is 0 Å². The van der Waals surface area contributed by atoms with Gasteiger partial charge in [-0.05, 0) is 42.9 Å². The van der Waals surface area contributed by atoms with Crippen LogP contribution < -0.4 is 0 Å². The molecule has 0 N–H and O–H groups in total. The van der Waals surface area contributed by atoms with E-state index in [1.165, 1.54) is 36.8 Å². The van der Waals surface area contributed by atoms with E-state index < -0.39 is 0 Å². The van der Waals surface area contributed by atoms with E-state index in [-0.39, 0.29) is 0 Å². The van der Waals surface area contributed by atoms with Gasteiger partial charge >= 0.3 is 0 Å². The molecule has 0 aliphatic carbocycles. The number of hydrogen-bond acceptors (Lipinski definition) is 0. The minimum absolute atomic E-state index is 0.575. The van der Waals surface area contributed by atoms with Crippen molar-refractivity contribution in [2.75, 3.05) is 0 Å². The zero-order valence-electron chi connectivity index (χ0n) is 15.4. The van der Waals surface area contributed by atoms with Crippen molar-refractivity contribution in [3.63, 3.8) is 0 Å². The molecule has 0 aromatic heterocycles. The van der Waals surface area contributed by atoms with E-state index in [9.17, 15) is 0 Å². The third kappa shape index (κ3) is 9.72. The topological polar surface area (TPSA) is 0 Å². The molecular formula is C21H38. The van der Waals surface area contributed by atoms with Gasteiger partial charge in [-0.2, -0.15) is 0 Å². The SMILES string of the molecule is C=C(/C=C\C(=C)C(C)CCC(C)C(C)CCC(C)C)CC. The molecule has 122 valence electrons. The van der Waals surface area contributed by atoms with Gasteiger partial charge in [-0.1, -0.05) is 90.8 Å². The second-order valence-electron chi connectivity index (χ2n) is 7.32. The molecule has 0 radical (unpaired) electrons. The molecule has 0 saturated carbocycles. The zero-order valence-corrected chi connectivity index (χ0v) is 15.4. The van der Waals surface area contributed by atoms with E-state index in [1.54, 1.807) is 0 Å². The second kappa shape index (κ2) is 10.9. The van der Waals surface area contributed by atoms with Crippen LogP contribution in [-0.4, -0.2) is 0 Å². The highest BCUT2D eigenvalue weighted by atomic mass is 14.2. The summed E-state index contributed by atoms with van der Waals surface area (Å²) in [6.45, 7) is 22.1. The van der Waals surface area contributed by atoms with Gasteiger partial charge < -0.3 is 0 Å². The van der Waals surface area contributed by atoms with Crippen molar-refractivity contribution in [2.45, 2.75) is 73.6 Å². The van der Waals surface area contributed by atoms with E-state index in [1.807, 2.05) is 0 Å². The normalized spacial score (nSPS) is 16.1. The van der Waals surface area contributed by atoms with Gasteiger partial charge in [0.05, 0.1) is 0 Å². The maximum Gasteiger partial charge on any atom is -0.0196 e. The molecule has 0 aromatic rings. The van der Waals surface area contributed by atoms with E-state index >= 15 is 0 Å². The first-order valence-electron chi connectivity index (χ1n) is 8.82. The molecule has 0 rings (SSSR count).